The van der Waals surface area contributed by atoms with Crippen molar-refractivity contribution in [3.63, 3.8) is 0 Å². The second-order valence-corrected chi connectivity index (χ2v) is 4.25. The number of methoxy groups -OCH3 is 3. The van der Waals surface area contributed by atoms with Gasteiger partial charge in [-0.1, -0.05) is 0 Å². The lowest BCUT2D eigenvalue weighted by Crippen LogP contribution is -1.94. The molecule has 18 heavy (non-hydrogen) atoms. The van der Waals surface area contributed by atoms with E-state index in [1.165, 1.54) is 0 Å². The van der Waals surface area contributed by atoms with E-state index in [-0.39, 0.29) is 6.61 Å². The first kappa shape index (κ1) is 14.6. The summed E-state index contributed by atoms with van der Waals surface area (Å²) in [5, 5.41) is 8.96. The van der Waals surface area contributed by atoms with Gasteiger partial charge in [-0.05, 0) is 39.7 Å². The average molecular weight is 312 g/mol. The average Bonchev–Trinajstić information content (AvgIpc) is 2.39. The summed E-state index contributed by atoms with van der Waals surface area (Å²) in [4.78, 5) is 0. The molecule has 0 amide bonds. The molecule has 0 aliphatic rings. The van der Waals surface area contributed by atoms with Gasteiger partial charge in [0.25, 0.3) is 0 Å². The van der Waals surface area contributed by atoms with Crippen LogP contribution in [0.1, 0.15) is 5.56 Å². The minimum Gasteiger partial charge on any atom is -0.495 e. The Morgan fingerprint density at radius 1 is 1.28 bits per heavy atom. The molecule has 96 valence electrons. The molecule has 4 nitrogen and oxygen atoms in total. The zero-order chi connectivity index (χ0) is 13.5. The first-order valence-corrected chi connectivity index (χ1v) is 5.96. The highest BCUT2D eigenvalue weighted by Gasteiger charge is 2.09. The van der Waals surface area contributed by atoms with E-state index in [4.69, 9.17) is 19.5 Å². The quantitative estimate of drug-likeness (QED) is 0.784. The molecule has 0 aliphatic heterocycles. The van der Waals surface area contributed by atoms with Crippen LogP contribution in [-0.2, 0) is 4.74 Å². The fraction of sp³-hybridized carbons (Fsp3) is 0.308. The molecular formula is C13H14BrNO3. The predicted octanol–water partition coefficient (Wildman–Crippen LogP) is 3.02. The molecule has 0 saturated carbocycles. The Kier molecular flexibility index (Phi) is 5.69. The number of benzene rings is 1. The number of hydrogen-bond acceptors (Lipinski definition) is 4. The maximum Gasteiger partial charge on any atom is 0.137 e. The molecule has 0 N–H and O–H groups in total. The van der Waals surface area contributed by atoms with Crippen LogP contribution in [0.15, 0.2) is 22.2 Å². The van der Waals surface area contributed by atoms with Crippen molar-refractivity contribution in [1.82, 2.24) is 0 Å². The van der Waals surface area contributed by atoms with E-state index < -0.39 is 0 Å². The van der Waals surface area contributed by atoms with Crippen LogP contribution in [0, 0.1) is 11.3 Å². The highest BCUT2D eigenvalue weighted by Crippen LogP contribution is 2.36. The lowest BCUT2D eigenvalue weighted by atomic mass is 10.1. The van der Waals surface area contributed by atoms with Crippen LogP contribution in [0.25, 0.3) is 6.08 Å². The highest BCUT2D eigenvalue weighted by atomic mass is 79.9. The Labute approximate surface area is 115 Å². The fourth-order valence-corrected chi connectivity index (χ4v) is 1.99. The van der Waals surface area contributed by atoms with Crippen molar-refractivity contribution < 1.29 is 14.2 Å². The van der Waals surface area contributed by atoms with Crippen LogP contribution >= 0.6 is 15.9 Å². The van der Waals surface area contributed by atoms with E-state index in [1.54, 1.807) is 27.4 Å². The minimum absolute atomic E-state index is 0.275. The van der Waals surface area contributed by atoms with Gasteiger partial charge in [-0.2, -0.15) is 5.26 Å². The normalized spacial score (nSPS) is 10.9. The van der Waals surface area contributed by atoms with E-state index in [0.717, 1.165) is 10.0 Å². The monoisotopic (exact) mass is 311 g/mol. The van der Waals surface area contributed by atoms with Crippen LogP contribution < -0.4 is 9.47 Å². The maximum atomic E-state index is 8.96. The molecular weight excluding hydrogens is 298 g/mol. The van der Waals surface area contributed by atoms with Crippen LogP contribution in [0.5, 0.6) is 11.5 Å². The summed E-state index contributed by atoms with van der Waals surface area (Å²) < 4.78 is 16.2. The van der Waals surface area contributed by atoms with Crippen LogP contribution in [0.3, 0.4) is 0 Å². The van der Waals surface area contributed by atoms with E-state index in [2.05, 4.69) is 22.0 Å². The minimum atomic E-state index is 0.275. The Morgan fingerprint density at radius 3 is 2.22 bits per heavy atom. The summed E-state index contributed by atoms with van der Waals surface area (Å²) in [6, 6.07) is 5.72. The summed E-state index contributed by atoms with van der Waals surface area (Å²) >= 11 is 3.39. The molecule has 0 fully saturated rings. The van der Waals surface area contributed by atoms with E-state index in [9.17, 15) is 0 Å². The molecule has 1 rings (SSSR count). The number of ether oxygens (including phenoxy) is 3. The van der Waals surface area contributed by atoms with Crippen LogP contribution in [-0.4, -0.2) is 27.9 Å². The van der Waals surface area contributed by atoms with Gasteiger partial charge < -0.3 is 14.2 Å². The lowest BCUT2D eigenvalue weighted by molar-refractivity contribution is 0.229. The molecule has 0 unspecified atom stereocenters. The van der Waals surface area contributed by atoms with Crippen molar-refractivity contribution in [2.45, 2.75) is 0 Å². The van der Waals surface area contributed by atoms with Gasteiger partial charge in [0, 0.05) is 7.11 Å². The zero-order valence-electron chi connectivity index (χ0n) is 10.5. The largest absolute Gasteiger partial charge is 0.495 e. The summed E-state index contributed by atoms with van der Waals surface area (Å²) in [5.41, 5.74) is 1.35. The van der Waals surface area contributed by atoms with Gasteiger partial charge in [0.15, 0.2) is 0 Å². The summed E-state index contributed by atoms with van der Waals surface area (Å²) in [5.74, 6) is 1.30. The first-order valence-electron chi connectivity index (χ1n) is 5.17. The number of halogens is 1. The standard InChI is InChI=1S/C13H14BrNO3/c1-16-8-10(7-15)4-9-5-11(17-2)13(14)12(6-9)18-3/h4-6H,8H2,1-3H3. The molecule has 0 aromatic heterocycles. The van der Waals surface area contributed by atoms with Gasteiger partial charge in [0.1, 0.15) is 16.0 Å². The molecule has 5 heteroatoms. The fourth-order valence-electron chi connectivity index (χ4n) is 1.44. The molecule has 0 aliphatic carbocycles. The van der Waals surface area contributed by atoms with Gasteiger partial charge in [-0.3, -0.25) is 0 Å². The Hall–Kier alpha value is -1.51. The van der Waals surface area contributed by atoms with Crippen LogP contribution in [0.4, 0.5) is 0 Å². The van der Waals surface area contributed by atoms with Crippen molar-refractivity contribution in [2.75, 3.05) is 27.9 Å². The molecule has 1 aromatic carbocycles. The van der Waals surface area contributed by atoms with Crippen molar-refractivity contribution in [1.29, 1.82) is 5.26 Å². The Morgan fingerprint density at radius 2 is 1.83 bits per heavy atom. The summed E-state index contributed by atoms with van der Waals surface area (Å²) in [7, 11) is 4.70. The molecule has 0 heterocycles. The number of rotatable bonds is 5. The maximum absolute atomic E-state index is 8.96. The van der Waals surface area contributed by atoms with Gasteiger partial charge >= 0.3 is 0 Å². The van der Waals surface area contributed by atoms with E-state index in [0.29, 0.717) is 17.1 Å². The van der Waals surface area contributed by atoms with Crippen molar-refractivity contribution in [3.8, 4) is 17.6 Å². The summed E-state index contributed by atoms with van der Waals surface area (Å²) in [6.45, 7) is 0.275. The molecule has 1 aromatic rings. The third kappa shape index (κ3) is 3.49. The van der Waals surface area contributed by atoms with Crippen molar-refractivity contribution >= 4 is 22.0 Å². The van der Waals surface area contributed by atoms with Gasteiger partial charge in [0.05, 0.1) is 32.5 Å². The smallest absolute Gasteiger partial charge is 0.137 e. The van der Waals surface area contributed by atoms with Gasteiger partial charge in [-0.25, -0.2) is 0 Å². The van der Waals surface area contributed by atoms with E-state index >= 15 is 0 Å². The molecule has 0 saturated heterocycles. The zero-order valence-corrected chi connectivity index (χ0v) is 12.1. The summed E-state index contributed by atoms with van der Waals surface area (Å²) in [6.07, 6.45) is 1.74. The van der Waals surface area contributed by atoms with E-state index in [1.807, 2.05) is 12.1 Å². The third-order valence-corrected chi connectivity index (χ3v) is 3.03. The number of nitriles is 1. The van der Waals surface area contributed by atoms with Gasteiger partial charge in [-0.15, -0.1) is 0 Å². The number of nitrogens with zero attached hydrogens (tertiary/aromatic N) is 1. The predicted molar refractivity (Wildman–Crippen MR) is 72.7 cm³/mol. The molecule has 0 atom stereocenters. The van der Waals surface area contributed by atoms with Crippen molar-refractivity contribution in [3.05, 3.63) is 27.7 Å². The lowest BCUT2D eigenvalue weighted by Gasteiger charge is -2.10. The van der Waals surface area contributed by atoms with Crippen LogP contribution in [0.2, 0.25) is 0 Å². The first-order chi connectivity index (χ1) is 8.65. The van der Waals surface area contributed by atoms with Gasteiger partial charge in [0.2, 0.25) is 0 Å². The number of hydrogen-bond donors (Lipinski definition) is 0. The molecule has 0 spiro atoms. The highest BCUT2D eigenvalue weighted by molar-refractivity contribution is 9.10. The molecule has 0 bridgehead atoms. The third-order valence-electron chi connectivity index (χ3n) is 2.25. The Bertz CT molecular complexity index is 466. The SMILES string of the molecule is COCC(C#N)=Cc1cc(OC)c(Br)c(OC)c1. The second-order valence-electron chi connectivity index (χ2n) is 3.45. The topological polar surface area (TPSA) is 51.5 Å². The second kappa shape index (κ2) is 7.04. The Balaban J connectivity index is 3.22. The van der Waals surface area contributed by atoms with Crippen molar-refractivity contribution in [2.24, 2.45) is 0 Å². The molecule has 0 radical (unpaired) electrons.